The monoisotopic (exact) mass is 335 g/mol. The Kier molecular flexibility index (Phi) is 5.09. The molecular weight excluding hydrogens is 316 g/mol. The average Bonchev–Trinajstić information content (AvgIpc) is 2.62. The molecular formula is C22H19F2N. The van der Waals surface area contributed by atoms with Crippen molar-refractivity contribution in [1.29, 1.82) is 5.26 Å². The third kappa shape index (κ3) is 3.53. The first-order valence-electron chi connectivity index (χ1n) is 8.55. The van der Waals surface area contributed by atoms with Crippen LogP contribution in [0.15, 0.2) is 48.5 Å². The van der Waals surface area contributed by atoms with Crippen molar-refractivity contribution >= 4 is 10.8 Å². The van der Waals surface area contributed by atoms with E-state index in [4.69, 9.17) is 5.26 Å². The third-order valence-electron chi connectivity index (χ3n) is 4.49. The lowest BCUT2D eigenvalue weighted by Crippen LogP contribution is -1.91. The summed E-state index contributed by atoms with van der Waals surface area (Å²) in [5.74, 6) is -0.791. The molecule has 0 aliphatic heterocycles. The van der Waals surface area contributed by atoms with E-state index in [2.05, 4.69) is 6.92 Å². The first kappa shape index (κ1) is 17.1. The topological polar surface area (TPSA) is 23.8 Å². The Balaban J connectivity index is 1.95. The number of rotatable bonds is 5. The molecule has 0 atom stereocenters. The van der Waals surface area contributed by atoms with E-state index >= 15 is 0 Å². The lowest BCUT2D eigenvalue weighted by molar-refractivity contribution is 0.626. The van der Waals surface area contributed by atoms with Gasteiger partial charge in [0.25, 0.3) is 0 Å². The fourth-order valence-electron chi connectivity index (χ4n) is 3.07. The van der Waals surface area contributed by atoms with Crippen molar-refractivity contribution in [3.63, 3.8) is 0 Å². The van der Waals surface area contributed by atoms with Crippen LogP contribution in [0.4, 0.5) is 8.78 Å². The van der Waals surface area contributed by atoms with E-state index in [1.807, 2.05) is 12.1 Å². The minimum atomic E-state index is -0.529. The molecule has 3 rings (SSSR count). The zero-order valence-corrected chi connectivity index (χ0v) is 14.2. The second-order valence-corrected chi connectivity index (χ2v) is 6.25. The van der Waals surface area contributed by atoms with Gasteiger partial charge in [0.2, 0.25) is 0 Å². The highest BCUT2D eigenvalue weighted by Gasteiger charge is 2.10. The molecule has 0 unspecified atom stereocenters. The molecule has 3 heteroatoms. The van der Waals surface area contributed by atoms with Gasteiger partial charge in [-0.2, -0.15) is 5.26 Å². The van der Waals surface area contributed by atoms with E-state index in [1.54, 1.807) is 36.4 Å². The summed E-state index contributed by atoms with van der Waals surface area (Å²) in [4.78, 5) is 0. The van der Waals surface area contributed by atoms with Crippen LogP contribution in [-0.4, -0.2) is 0 Å². The van der Waals surface area contributed by atoms with Gasteiger partial charge in [0.15, 0.2) is 0 Å². The predicted octanol–water partition coefficient (Wildman–Crippen LogP) is 6.39. The summed E-state index contributed by atoms with van der Waals surface area (Å²) in [6.45, 7) is 2.14. The van der Waals surface area contributed by atoms with E-state index in [0.717, 1.165) is 31.2 Å². The summed E-state index contributed by atoms with van der Waals surface area (Å²) in [5, 5.41) is 9.94. The predicted molar refractivity (Wildman–Crippen MR) is 97.2 cm³/mol. The number of unbranched alkanes of at least 4 members (excludes halogenated alkanes) is 2. The van der Waals surface area contributed by atoms with E-state index in [0.29, 0.717) is 21.9 Å². The Morgan fingerprint density at radius 3 is 2.52 bits per heavy atom. The van der Waals surface area contributed by atoms with Crippen LogP contribution >= 0.6 is 0 Å². The quantitative estimate of drug-likeness (QED) is 0.496. The fourth-order valence-corrected chi connectivity index (χ4v) is 3.07. The Morgan fingerprint density at radius 2 is 1.80 bits per heavy atom. The van der Waals surface area contributed by atoms with Crippen LogP contribution in [0, 0.1) is 23.0 Å². The number of fused-ring (bicyclic) bond motifs is 1. The lowest BCUT2D eigenvalue weighted by atomic mass is 9.97. The summed E-state index contributed by atoms with van der Waals surface area (Å²) in [5.41, 5.74) is 2.23. The van der Waals surface area contributed by atoms with Crippen molar-refractivity contribution < 1.29 is 8.78 Å². The first-order chi connectivity index (χ1) is 12.1. The molecule has 0 fully saturated rings. The smallest absolute Gasteiger partial charge is 0.148 e. The normalized spacial score (nSPS) is 10.8. The van der Waals surface area contributed by atoms with Crippen molar-refractivity contribution in [3.8, 4) is 17.2 Å². The summed E-state index contributed by atoms with van der Waals surface area (Å²) in [7, 11) is 0. The average molecular weight is 335 g/mol. The molecule has 0 bridgehead atoms. The van der Waals surface area contributed by atoms with Gasteiger partial charge in [-0.15, -0.1) is 0 Å². The molecule has 126 valence electrons. The maximum atomic E-state index is 14.5. The van der Waals surface area contributed by atoms with E-state index in [9.17, 15) is 8.78 Å². The van der Waals surface area contributed by atoms with Gasteiger partial charge in [-0.25, -0.2) is 8.78 Å². The largest absolute Gasteiger partial charge is 0.206 e. The van der Waals surface area contributed by atoms with Crippen molar-refractivity contribution in [1.82, 2.24) is 0 Å². The van der Waals surface area contributed by atoms with Crippen LogP contribution in [0.25, 0.3) is 21.9 Å². The summed E-state index contributed by atoms with van der Waals surface area (Å²) < 4.78 is 28.7. The highest BCUT2D eigenvalue weighted by Crippen LogP contribution is 2.29. The van der Waals surface area contributed by atoms with E-state index < -0.39 is 5.82 Å². The highest BCUT2D eigenvalue weighted by atomic mass is 19.1. The maximum Gasteiger partial charge on any atom is 0.148 e. The molecule has 0 amide bonds. The Morgan fingerprint density at radius 1 is 0.960 bits per heavy atom. The van der Waals surface area contributed by atoms with Gasteiger partial charge in [0, 0.05) is 10.9 Å². The van der Waals surface area contributed by atoms with Gasteiger partial charge in [-0.3, -0.25) is 0 Å². The SMILES string of the molecule is CCCCCc1ccc(-c2ccc3c(F)c(C#N)ccc3c2)c(F)c1. The molecule has 0 aromatic heterocycles. The lowest BCUT2D eigenvalue weighted by Gasteiger charge is -2.09. The molecule has 3 aromatic carbocycles. The van der Waals surface area contributed by atoms with Crippen LogP contribution in [0.3, 0.4) is 0 Å². The highest BCUT2D eigenvalue weighted by molar-refractivity contribution is 5.89. The van der Waals surface area contributed by atoms with Crippen LogP contribution < -0.4 is 0 Å². The van der Waals surface area contributed by atoms with Gasteiger partial charge in [0.05, 0.1) is 5.56 Å². The first-order valence-corrected chi connectivity index (χ1v) is 8.55. The minimum Gasteiger partial charge on any atom is -0.206 e. The Bertz CT molecular complexity index is 954. The van der Waals surface area contributed by atoms with Crippen molar-refractivity contribution in [2.75, 3.05) is 0 Å². The minimum absolute atomic E-state index is 0.0165. The van der Waals surface area contributed by atoms with E-state index in [-0.39, 0.29) is 11.4 Å². The molecule has 0 heterocycles. The summed E-state index contributed by atoms with van der Waals surface area (Å²) in [6, 6.07) is 15.4. The standard InChI is InChI=1S/C22H19F2N/c1-2-3-4-5-15-6-10-19(21(23)12-15)16-9-11-20-17(13-16)7-8-18(14-25)22(20)24/h6-13H,2-5H2,1H3. The van der Waals surface area contributed by atoms with Crippen LogP contribution in [-0.2, 0) is 6.42 Å². The Labute approximate surface area is 146 Å². The van der Waals surface area contributed by atoms with Crippen LogP contribution in [0.1, 0.15) is 37.3 Å². The second kappa shape index (κ2) is 7.44. The number of nitriles is 1. The Hall–Kier alpha value is -2.73. The van der Waals surface area contributed by atoms with Gasteiger partial charge >= 0.3 is 0 Å². The van der Waals surface area contributed by atoms with Crippen molar-refractivity contribution in [3.05, 3.63) is 71.3 Å². The van der Waals surface area contributed by atoms with Gasteiger partial charge < -0.3 is 0 Å². The number of benzene rings is 3. The molecule has 25 heavy (non-hydrogen) atoms. The van der Waals surface area contributed by atoms with Crippen LogP contribution in [0.5, 0.6) is 0 Å². The molecule has 0 radical (unpaired) electrons. The number of hydrogen-bond donors (Lipinski definition) is 0. The number of hydrogen-bond acceptors (Lipinski definition) is 1. The third-order valence-corrected chi connectivity index (χ3v) is 4.49. The maximum absolute atomic E-state index is 14.5. The van der Waals surface area contributed by atoms with E-state index in [1.165, 1.54) is 6.07 Å². The molecule has 0 saturated heterocycles. The second-order valence-electron chi connectivity index (χ2n) is 6.25. The number of aryl methyl sites for hydroxylation is 1. The summed E-state index contributed by atoms with van der Waals surface area (Å²) in [6.07, 6.45) is 4.22. The molecule has 0 saturated carbocycles. The van der Waals surface area contributed by atoms with Crippen LogP contribution in [0.2, 0.25) is 0 Å². The van der Waals surface area contributed by atoms with Crippen molar-refractivity contribution in [2.45, 2.75) is 32.6 Å². The van der Waals surface area contributed by atoms with Crippen molar-refractivity contribution in [2.24, 2.45) is 0 Å². The molecule has 0 spiro atoms. The summed E-state index contributed by atoms with van der Waals surface area (Å²) >= 11 is 0. The zero-order valence-electron chi connectivity index (χ0n) is 14.2. The fraction of sp³-hybridized carbons (Fsp3) is 0.227. The molecule has 3 aromatic rings. The molecule has 0 aliphatic rings. The number of halogens is 2. The van der Waals surface area contributed by atoms with Gasteiger partial charge in [-0.1, -0.05) is 50.1 Å². The molecule has 1 nitrogen and oxygen atoms in total. The van der Waals surface area contributed by atoms with Gasteiger partial charge in [-0.05, 0) is 47.6 Å². The van der Waals surface area contributed by atoms with Gasteiger partial charge in [0.1, 0.15) is 17.7 Å². The molecule has 0 N–H and O–H groups in total. The molecule has 0 aliphatic carbocycles. The zero-order chi connectivity index (χ0) is 17.8. The number of nitrogens with zero attached hydrogens (tertiary/aromatic N) is 1.